The smallest absolute Gasteiger partial charge is 0.0341 e. The second-order valence-corrected chi connectivity index (χ2v) is 3.90. The molecule has 2 aromatic carbocycles. The van der Waals surface area contributed by atoms with Gasteiger partial charge in [0.05, 0.1) is 0 Å². The molecular weight excluding hydrogens is 220 g/mol. The molecule has 2 nitrogen and oxygen atoms in total. The summed E-state index contributed by atoms with van der Waals surface area (Å²) in [5, 5.41) is 0. The van der Waals surface area contributed by atoms with Crippen LogP contribution < -0.4 is 11.5 Å². The van der Waals surface area contributed by atoms with Gasteiger partial charge in [-0.2, -0.15) is 0 Å². The van der Waals surface area contributed by atoms with E-state index in [9.17, 15) is 0 Å². The molecule has 2 aromatic rings. The van der Waals surface area contributed by atoms with Crippen LogP contribution in [0.5, 0.6) is 0 Å². The van der Waals surface area contributed by atoms with E-state index in [4.69, 9.17) is 24.3 Å². The molecule has 86 valence electrons. The number of nitrogen functional groups attached to an aromatic ring is 2. The molecule has 0 aliphatic carbocycles. The predicted molar refractivity (Wildman–Crippen MR) is 76.6 cm³/mol. The van der Waals surface area contributed by atoms with E-state index in [1.54, 1.807) is 24.3 Å². The maximum absolute atomic E-state index is 5.72. The summed E-state index contributed by atoms with van der Waals surface area (Å²) in [6, 6.07) is 10.9. The lowest BCUT2D eigenvalue weighted by Gasteiger charge is -2.09. The average molecular weight is 232 g/mol. The first-order valence-electron chi connectivity index (χ1n) is 5.38. The van der Waals surface area contributed by atoms with Crippen LogP contribution in [0.3, 0.4) is 0 Å². The quantitative estimate of drug-likeness (QED) is 0.586. The molecule has 2 heteroatoms. The van der Waals surface area contributed by atoms with Gasteiger partial charge in [-0.15, -0.1) is 12.8 Å². The highest BCUT2D eigenvalue weighted by atomic mass is 14.5. The third-order valence-corrected chi connectivity index (χ3v) is 2.69. The number of terminal acetylenes is 2. The number of benzene rings is 2. The largest absolute Gasteiger partial charge is 0.399 e. The first-order valence-corrected chi connectivity index (χ1v) is 5.38. The molecule has 4 N–H and O–H groups in total. The van der Waals surface area contributed by atoms with Crippen molar-refractivity contribution in [3.8, 4) is 35.8 Å². The van der Waals surface area contributed by atoms with E-state index in [0.29, 0.717) is 11.4 Å². The van der Waals surface area contributed by atoms with Gasteiger partial charge < -0.3 is 11.5 Å². The zero-order chi connectivity index (χ0) is 13.1. The second-order valence-electron chi connectivity index (χ2n) is 3.90. The van der Waals surface area contributed by atoms with Gasteiger partial charge in [0.25, 0.3) is 0 Å². The monoisotopic (exact) mass is 232 g/mol. The maximum atomic E-state index is 5.72. The average Bonchev–Trinajstić information content (AvgIpc) is 2.38. The van der Waals surface area contributed by atoms with E-state index < -0.39 is 0 Å². The molecule has 0 spiro atoms. The minimum atomic E-state index is 0.629. The highest BCUT2D eigenvalue weighted by molar-refractivity contribution is 5.79. The highest BCUT2D eigenvalue weighted by Crippen LogP contribution is 2.29. The fraction of sp³-hybridized carbons (Fsp3) is 0. The zero-order valence-corrected chi connectivity index (χ0v) is 9.77. The standard InChI is InChI=1S/C16H12N2/c1-3-11-9-13(17)5-7-15(11)16-8-6-14(18)10-12(16)4-2/h1-2,5-10H,17-18H2. The van der Waals surface area contributed by atoms with Crippen LogP contribution in [0.2, 0.25) is 0 Å². The molecule has 2 rings (SSSR count). The summed E-state index contributed by atoms with van der Waals surface area (Å²) in [6.07, 6.45) is 11.0. The van der Waals surface area contributed by atoms with Gasteiger partial charge in [-0.05, 0) is 35.4 Å². The fourth-order valence-corrected chi connectivity index (χ4v) is 1.83. The van der Waals surface area contributed by atoms with Crippen LogP contribution in [0.15, 0.2) is 36.4 Å². The van der Waals surface area contributed by atoms with Crippen molar-refractivity contribution >= 4 is 11.4 Å². The van der Waals surface area contributed by atoms with E-state index in [0.717, 1.165) is 22.3 Å². The molecule has 18 heavy (non-hydrogen) atoms. The molecule has 0 aromatic heterocycles. The summed E-state index contributed by atoms with van der Waals surface area (Å²) in [6.45, 7) is 0. The number of anilines is 2. The summed E-state index contributed by atoms with van der Waals surface area (Å²) < 4.78 is 0. The maximum Gasteiger partial charge on any atom is 0.0341 e. The molecule has 0 amide bonds. The first kappa shape index (κ1) is 11.6. The van der Waals surface area contributed by atoms with Gasteiger partial charge >= 0.3 is 0 Å². The Morgan fingerprint density at radius 1 is 0.722 bits per heavy atom. The van der Waals surface area contributed by atoms with Crippen molar-refractivity contribution in [3.05, 3.63) is 47.5 Å². The van der Waals surface area contributed by atoms with Crippen molar-refractivity contribution < 1.29 is 0 Å². The molecule has 0 radical (unpaired) electrons. The van der Waals surface area contributed by atoms with Crippen LogP contribution in [0, 0.1) is 24.7 Å². The highest BCUT2D eigenvalue weighted by Gasteiger charge is 2.08. The Hall–Kier alpha value is -2.84. The van der Waals surface area contributed by atoms with Gasteiger partial charge in [0.2, 0.25) is 0 Å². The predicted octanol–water partition coefficient (Wildman–Crippen LogP) is 2.48. The van der Waals surface area contributed by atoms with Crippen LogP contribution in [-0.4, -0.2) is 0 Å². The van der Waals surface area contributed by atoms with Crippen LogP contribution >= 0.6 is 0 Å². The SMILES string of the molecule is C#Cc1cc(N)ccc1-c1ccc(N)cc1C#C. The molecule has 0 heterocycles. The summed E-state index contributed by atoms with van der Waals surface area (Å²) in [4.78, 5) is 0. The molecule has 0 aliphatic heterocycles. The van der Waals surface area contributed by atoms with E-state index in [-0.39, 0.29) is 0 Å². The number of hydrogen-bond acceptors (Lipinski definition) is 2. The Morgan fingerprint density at radius 2 is 1.11 bits per heavy atom. The lowest BCUT2D eigenvalue weighted by Crippen LogP contribution is -1.93. The molecule has 0 fully saturated rings. The van der Waals surface area contributed by atoms with Crippen LogP contribution in [0.4, 0.5) is 11.4 Å². The molecular formula is C16H12N2. The molecule has 0 atom stereocenters. The van der Waals surface area contributed by atoms with Gasteiger partial charge in [0.1, 0.15) is 0 Å². The van der Waals surface area contributed by atoms with Crippen LogP contribution in [-0.2, 0) is 0 Å². The number of nitrogens with two attached hydrogens (primary N) is 2. The van der Waals surface area contributed by atoms with Gasteiger partial charge in [0, 0.05) is 22.5 Å². The molecule has 0 unspecified atom stereocenters. The Morgan fingerprint density at radius 3 is 1.44 bits per heavy atom. The van der Waals surface area contributed by atoms with Gasteiger partial charge in [-0.3, -0.25) is 0 Å². The normalized spacial score (nSPS) is 9.44. The summed E-state index contributed by atoms with van der Waals surface area (Å²) in [7, 11) is 0. The lowest BCUT2D eigenvalue weighted by molar-refractivity contribution is 1.55. The van der Waals surface area contributed by atoms with E-state index >= 15 is 0 Å². The first-order chi connectivity index (χ1) is 8.65. The summed E-state index contributed by atoms with van der Waals surface area (Å²) in [5.74, 6) is 5.24. The van der Waals surface area contributed by atoms with Crippen molar-refractivity contribution in [1.82, 2.24) is 0 Å². The van der Waals surface area contributed by atoms with E-state index in [1.807, 2.05) is 12.1 Å². The van der Waals surface area contributed by atoms with Crippen molar-refractivity contribution in [2.75, 3.05) is 11.5 Å². The third-order valence-electron chi connectivity index (χ3n) is 2.69. The number of rotatable bonds is 1. The van der Waals surface area contributed by atoms with E-state index in [2.05, 4.69) is 11.8 Å². The third kappa shape index (κ3) is 2.00. The molecule has 0 saturated heterocycles. The second kappa shape index (κ2) is 4.57. The zero-order valence-electron chi connectivity index (χ0n) is 9.77. The topological polar surface area (TPSA) is 52.0 Å². The fourth-order valence-electron chi connectivity index (χ4n) is 1.83. The molecule has 0 aliphatic rings. The minimum Gasteiger partial charge on any atom is -0.399 e. The van der Waals surface area contributed by atoms with Crippen molar-refractivity contribution in [1.29, 1.82) is 0 Å². The van der Waals surface area contributed by atoms with Crippen molar-refractivity contribution in [3.63, 3.8) is 0 Å². The van der Waals surface area contributed by atoms with Crippen molar-refractivity contribution in [2.45, 2.75) is 0 Å². The van der Waals surface area contributed by atoms with Crippen molar-refractivity contribution in [2.24, 2.45) is 0 Å². The van der Waals surface area contributed by atoms with Crippen LogP contribution in [0.1, 0.15) is 11.1 Å². The van der Waals surface area contributed by atoms with Crippen LogP contribution in [0.25, 0.3) is 11.1 Å². The Balaban J connectivity index is 2.71. The summed E-state index contributed by atoms with van der Waals surface area (Å²) >= 11 is 0. The van der Waals surface area contributed by atoms with Gasteiger partial charge in [-0.1, -0.05) is 24.0 Å². The molecule has 0 bridgehead atoms. The summed E-state index contributed by atoms with van der Waals surface area (Å²) in [5.41, 5.74) is 15.9. The Kier molecular flexibility index (Phi) is 2.96. The van der Waals surface area contributed by atoms with Gasteiger partial charge in [-0.25, -0.2) is 0 Å². The van der Waals surface area contributed by atoms with Gasteiger partial charge in [0.15, 0.2) is 0 Å². The molecule has 0 saturated carbocycles. The number of hydrogen-bond donors (Lipinski definition) is 2. The minimum absolute atomic E-state index is 0.629. The lowest BCUT2D eigenvalue weighted by atomic mass is 9.95. The Labute approximate surface area is 107 Å². The Bertz CT molecular complexity index is 624. The van der Waals surface area contributed by atoms with E-state index in [1.165, 1.54) is 0 Å².